The SMILES string of the molecule is O=C(O)C(=O)C(=O)c1cc(Br)c2nc[nH]c2c1. The van der Waals surface area contributed by atoms with Crippen molar-refractivity contribution in [2.24, 2.45) is 0 Å². The number of nitrogens with one attached hydrogen (secondary N) is 1. The van der Waals surface area contributed by atoms with E-state index in [9.17, 15) is 14.4 Å². The van der Waals surface area contributed by atoms with Crippen LogP contribution in [0.5, 0.6) is 0 Å². The average molecular weight is 297 g/mol. The van der Waals surface area contributed by atoms with Gasteiger partial charge < -0.3 is 10.1 Å². The molecule has 17 heavy (non-hydrogen) atoms. The number of rotatable bonds is 3. The summed E-state index contributed by atoms with van der Waals surface area (Å²) in [5, 5.41) is 8.45. The lowest BCUT2D eigenvalue weighted by Crippen LogP contribution is -2.23. The second-order valence-corrected chi connectivity index (χ2v) is 4.07. The molecule has 86 valence electrons. The van der Waals surface area contributed by atoms with Gasteiger partial charge >= 0.3 is 11.8 Å². The maximum atomic E-state index is 11.5. The Morgan fingerprint density at radius 1 is 1.29 bits per heavy atom. The summed E-state index contributed by atoms with van der Waals surface area (Å²) in [5.41, 5.74) is 1.14. The molecule has 2 N–H and O–H groups in total. The Balaban J connectivity index is 2.53. The number of hydrogen-bond donors (Lipinski definition) is 2. The van der Waals surface area contributed by atoms with Crippen molar-refractivity contribution in [1.29, 1.82) is 0 Å². The molecule has 0 bridgehead atoms. The number of aliphatic carboxylic acids is 1. The molecule has 0 radical (unpaired) electrons. The molecule has 0 spiro atoms. The number of carbonyl (C=O) groups is 3. The highest BCUT2D eigenvalue weighted by molar-refractivity contribution is 9.10. The highest BCUT2D eigenvalue weighted by atomic mass is 79.9. The van der Waals surface area contributed by atoms with Gasteiger partial charge in [-0.25, -0.2) is 9.78 Å². The number of aromatic amines is 1. The number of carbonyl (C=O) groups excluding carboxylic acids is 2. The van der Waals surface area contributed by atoms with E-state index in [1.54, 1.807) is 0 Å². The van der Waals surface area contributed by atoms with Crippen LogP contribution >= 0.6 is 15.9 Å². The molecule has 2 rings (SSSR count). The van der Waals surface area contributed by atoms with Gasteiger partial charge in [0.2, 0.25) is 5.78 Å². The number of carboxylic acids is 1. The van der Waals surface area contributed by atoms with E-state index in [1.165, 1.54) is 18.5 Å². The maximum Gasteiger partial charge on any atom is 0.380 e. The topological polar surface area (TPSA) is 100 Å². The zero-order valence-electron chi connectivity index (χ0n) is 8.23. The molecule has 0 unspecified atom stereocenters. The third-order valence-electron chi connectivity index (χ3n) is 2.14. The fourth-order valence-corrected chi connectivity index (χ4v) is 1.93. The van der Waals surface area contributed by atoms with Crippen LogP contribution in [-0.4, -0.2) is 32.6 Å². The molecule has 0 aliphatic heterocycles. The Bertz CT molecular complexity index is 647. The molecule has 6 nitrogen and oxygen atoms in total. The lowest BCUT2D eigenvalue weighted by Gasteiger charge is -1.99. The summed E-state index contributed by atoms with van der Waals surface area (Å²) in [7, 11) is 0. The van der Waals surface area contributed by atoms with Crippen molar-refractivity contribution in [3.8, 4) is 0 Å². The summed E-state index contributed by atoms with van der Waals surface area (Å²) in [6.45, 7) is 0. The molecular weight excluding hydrogens is 292 g/mol. The Morgan fingerprint density at radius 2 is 2.00 bits per heavy atom. The highest BCUT2D eigenvalue weighted by Gasteiger charge is 2.24. The van der Waals surface area contributed by atoms with Gasteiger partial charge in [0.05, 0.1) is 11.8 Å². The normalized spacial score (nSPS) is 10.4. The van der Waals surface area contributed by atoms with Crippen LogP contribution in [0.25, 0.3) is 11.0 Å². The number of halogens is 1. The van der Waals surface area contributed by atoms with E-state index in [-0.39, 0.29) is 5.56 Å². The molecular formula is C10H5BrN2O4. The second-order valence-electron chi connectivity index (χ2n) is 3.22. The highest BCUT2D eigenvalue weighted by Crippen LogP contribution is 2.23. The third-order valence-corrected chi connectivity index (χ3v) is 2.74. The van der Waals surface area contributed by atoms with Crippen molar-refractivity contribution in [3.63, 3.8) is 0 Å². The first-order valence-electron chi connectivity index (χ1n) is 4.45. The Kier molecular flexibility index (Phi) is 2.76. The van der Waals surface area contributed by atoms with Crippen molar-refractivity contribution in [3.05, 3.63) is 28.5 Å². The molecule has 0 fully saturated rings. The smallest absolute Gasteiger partial charge is 0.380 e. The van der Waals surface area contributed by atoms with Crippen LogP contribution in [0.3, 0.4) is 0 Å². The molecule has 0 saturated heterocycles. The first-order valence-corrected chi connectivity index (χ1v) is 5.24. The lowest BCUT2D eigenvalue weighted by atomic mass is 10.1. The minimum absolute atomic E-state index is 0.000949. The number of ketones is 2. The summed E-state index contributed by atoms with van der Waals surface area (Å²) in [5.74, 6) is -4.29. The zero-order valence-corrected chi connectivity index (χ0v) is 9.82. The largest absolute Gasteiger partial charge is 0.475 e. The van der Waals surface area contributed by atoms with Crippen LogP contribution < -0.4 is 0 Å². The molecule has 1 aromatic carbocycles. The van der Waals surface area contributed by atoms with E-state index in [0.717, 1.165) is 0 Å². The number of fused-ring (bicyclic) bond motifs is 1. The number of aromatic nitrogens is 2. The van der Waals surface area contributed by atoms with E-state index in [0.29, 0.717) is 15.5 Å². The number of benzene rings is 1. The summed E-state index contributed by atoms with van der Waals surface area (Å²) >= 11 is 3.19. The minimum Gasteiger partial charge on any atom is -0.475 e. The Hall–Kier alpha value is -2.02. The first-order chi connectivity index (χ1) is 8.00. The number of hydrogen-bond acceptors (Lipinski definition) is 4. The molecule has 0 saturated carbocycles. The van der Waals surface area contributed by atoms with E-state index in [4.69, 9.17) is 5.11 Å². The number of carboxylic acid groups (broad SMARTS) is 1. The van der Waals surface area contributed by atoms with Crippen molar-refractivity contribution < 1.29 is 19.5 Å². The second kappa shape index (κ2) is 4.10. The predicted molar refractivity (Wildman–Crippen MR) is 60.8 cm³/mol. The number of nitrogens with zero attached hydrogens (tertiary/aromatic N) is 1. The van der Waals surface area contributed by atoms with E-state index < -0.39 is 17.5 Å². The molecule has 0 aliphatic carbocycles. The third kappa shape index (κ3) is 1.96. The number of H-pyrrole nitrogens is 1. The molecule has 2 aromatic rings. The van der Waals surface area contributed by atoms with Crippen LogP contribution in [0.4, 0.5) is 0 Å². The number of imidazole rings is 1. The maximum absolute atomic E-state index is 11.5. The van der Waals surface area contributed by atoms with Gasteiger partial charge in [-0.1, -0.05) is 0 Å². The number of Topliss-reactive ketones (excluding diaryl/α,β-unsaturated/α-hetero) is 2. The van der Waals surface area contributed by atoms with E-state index in [1.807, 2.05) is 0 Å². The Labute approximate surface area is 103 Å². The monoisotopic (exact) mass is 296 g/mol. The molecule has 1 heterocycles. The summed E-state index contributed by atoms with van der Waals surface area (Å²) in [4.78, 5) is 39.7. The van der Waals surface area contributed by atoms with Gasteiger partial charge in [-0.05, 0) is 28.1 Å². The molecule has 0 atom stereocenters. The first kappa shape index (κ1) is 11.5. The van der Waals surface area contributed by atoms with Crippen LogP contribution in [0.2, 0.25) is 0 Å². The van der Waals surface area contributed by atoms with Gasteiger partial charge in [0.25, 0.3) is 0 Å². The molecule has 0 aliphatic rings. The van der Waals surface area contributed by atoms with Gasteiger partial charge in [0, 0.05) is 10.0 Å². The van der Waals surface area contributed by atoms with Crippen molar-refractivity contribution >= 4 is 44.5 Å². The van der Waals surface area contributed by atoms with E-state index >= 15 is 0 Å². The van der Waals surface area contributed by atoms with Crippen molar-refractivity contribution in [1.82, 2.24) is 9.97 Å². The van der Waals surface area contributed by atoms with Crippen LogP contribution in [-0.2, 0) is 9.59 Å². The summed E-state index contributed by atoms with van der Waals surface area (Å²) in [6.07, 6.45) is 1.43. The predicted octanol–water partition coefficient (Wildman–Crippen LogP) is 1.16. The average Bonchev–Trinajstić information content (AvgIpc) is 2.75. The molecule has 0 amide bonds. The summed E-state index contributed by atoms with van der Waals surface area (Å²) < 4.78 is 0.512. The van der Waals surface area contributed by atoms with Crippen LogP contribution in [0.15, 0.2) is 22.9 Å². The van der Waals surface area contributed by atoms with Gasteiger partial charge in [-0.15, -0.1) is 0 Å². The standard InChI is InChI=1S/C10H5BrN2O4/c11-5-1-4(8(14)9(15)10(16)17)2-6-7(5)13-3-12-6/h1-3H,(H,12,13)(H,16,17). The Morgan fingerprint density at radius 3 is 2.65 bits per heavy atom. The van der Waals surface area contributed by atoms with Gasteiger partial charge in [-0.2, -0.15) is 0 Å². The minimum atomic E-state index is -1.77. The lowest BCUT2D eigenvalue weighted by molar-refractivity contribution is -0.146. The zero-order chi connectivity index (χ0) is 12.6. The molecule has 7 heteroatoms. The van der Waals surface area contributed by atoms with Crippen molar-refractivity contribution in [2.75, 3.05) is 0 Å². The van der Waals surface area contributed by atoms with Crippen molar-refractivity contribution in [2.45, 2.75) is 0 Å². The fourth-order valence-electron chi connectivity index (χ4n) is 1.37. The molecule has 1 aromatic heterocycles. The fraction of sp³-hybridized carbons (Fsp3) is 0. The van der Waals surface area contributed by atoms with Crippen LogP contribution in [0, 0.1) is 0 Å². The van der Waals surface area contributed by atoms with E-state index in [2.05, 4.69) is 25.9 Å². The quantitative estimate of drug-likeness (QED) is 0.503. The van der Waals surface area contributed by atoms with Gasteiger partial charge in [-0.3, -0.25) is 9.59 Å². The van der Waals surface area contributed by atoms with Gasteiger partial charge in [0.15, 0.2) is 0 Å². The van der Waals surface area contributed by atoms with Gasteiger partial charge in [0.1, 0.15) is 5.52 Å². The van der Waals surface area contributed by atoms with Crippen LogP contribution in [0.1, 0.15) is 10.4 Å². The summed E-state index contributed by atoms with van der Waals surface area (Å²) in [6, 6.07) is 2.75.